The second-order valence-electron chi connectivity index (χ2n) is 8.43. The van der Waals surface area contributed by atoms with Crippen molar-refractivity contribution in [2.45, 2.75) is 32.3 Å². The van der Waals surface area contributed by atoms with E-state index in [0.29, 0.717) is 46.8 Å². The van der Waals surface area contributed by atoms with Crippen molar-refractivity contribution in [3.63, 3.8) is 0 Å². The minimum Gasteiger partial charge on any atom is -0.481 e. The van der Waals surface area contributed by atoms with Gasteiger partial charge in [0.1, 0.15) is 11.3 Å². The first-order valence-electron chi connectivity index (χ1n) is 11.2. The summed E-state index contributed by atoms with van der Waals surface area (Å²) >= 11 is 6.34. The van der Waals surface area contributed by atoms with Crippen LogP contribution in [0.2, 0.25) is 5.02 Å². The number of halogens is 1. The number of methoxy groups -OCH3 is 1. The first-order chi connectivity index (χ1) is 16.4. The molecule has 0 N–H and O–H groups in total. The fourth-order valence-electron chi connectivity index (χ4n) is 4.31. The molecule has 2 aromatic carbocycles. The molecule has 8 heteroatoms. The predicted octanol–water partition coefficient (Wildman–Crippen LogP) is 4.68. The number of carbonyl (C=O) groups is 2. The predicted molar refractivity (Wildman–Crippen MR) is 129 cm³/mol. The SMILES string of the molecule is COC(=O)CC1CCN(C(=O)C(C)Oc2ccc3c(-c4ccccc4Cl)cc(=O)oc3c2)CC1. The molecule has 2 heterocycles. The lowest BCUT2D eigenvalue weighted by atomic mass is 9.93. The van der Waals surface area contributed by atoms with Crippen LogP contribution in [0.5, 0.6) is 5.75 Å². The normalized spacial score (nSPS) is 15.2. The summed E-state index contributed by atoms with van der Waals surface area (Å²) in [5, 5.41) is 1.25. The minimum atomic E-state index is -0.715. The molecule has 0 saturated carbocycles. The van der Waals surface area contributed by atoms with E-state index in [1.807, 2.05) is 18.2 Å². The molecule has 1 aliphatic rings. The van der Waals surface area contributed by atoms with Gasteiger partial charge in [-0.2, -0.15) is 0 Å². The van der Waals surface area contributed by atoms with E-state index in [0.717, 1.165) is 18.4 Å². The number of ether oxygens (including phenoxy) is 2. The number of amides is 1. The third-order valence-corrected chi connectivity index (χ3v) is 6.48. The highest BCUT2D eigenvalue weighted by atomic mass is 35.5. The summed E-state index contributed by atoms with van der Waals surface area (Å²) in [5.41, 5.74) is 1.25. The highest BCUT2D eigenvalue weighted by Gasteiger charge is 2.28. The van der Waals surface area contributed by atoms with E-state index in [4.69, 9.17) is 25.5 Å². The van der Waals surface area contributed by atoms with Crippen molar-refractivity contribution >= 4 is 34.4 Å². The van der Waals surface area contributed by atoms with E-state index in [-0.39, 0.29) is 17.8 Å². The average Bonchev–Trinajstić information content (AvgIpc) is 2.83. The Hall–Kier alpha value is -3.32. The Morgan fingerprint density at radius 3 is 2.56 bits per heavy atom. The third kappa shape index (κ3) is 5.25. The van der Waals surface area contributed by atoms with Gasteiger partial charge in [-0.25, -0.2) is 4.79 Å². The van der Waals surface area contributed by atoms with Gasteiger partial charge in [-0.15, -0.1) is 0 Å². The lowest BCUT2D eigenvalue weighted by Gasteiger charge is -2.33. The zero-order chi connectivity index (χ0) is 24.2. The second kappa shape index (κ2) is 10.3. The molecule has 3 aromatic rings. The summed E-state index contributed by atoms with van der Waals surface area (Å²) < 4.78 is 16.0. The number of likely N-dealkylation sites (tertiary alicyclic amines) is 1. The Labute approximate surface area is 202 Å². The fourth-order valence-corrected chi connectivity index (χ4v) is 4.54. The van der Waals surface area contributed by atoms with Gasteiger partial charge >= 0.3 is 11.6 Å². The second-order valence-corrected chi connectivity index (χ2v) is 8.83. The molecule has 34 heavy (non-hydrogen) atoms. The van der Waals surface area contributed by atoms with E-state index in [1.54, 1.807) is 36.1 Å². The number of rotatable bonds is 6. The Morgan fingerprint density at radius 1 is 1.12 bits per heavy atom. The van der Waals surface area contributed by atoms with Crippen molar-refractivity contribution in [1.82, 2.24) is 4.90 Å². The summed E-state index contributed by atoms with van der Waals surface area (Å²) in [6, 6.07) is 13.9. The summed E-state index contributed by atoms with van der Waals surface area (Å²) in [6.07, 6.45) is 1.16. The Bertz CT molecular complexity index is 1260. The van der Waals surface area contributed by atoms with Crippen LogP contribution >= 0.6 is 11.6 Å². The molecule has 1 aliphatic heterocycles. The highest BCUT2D eigenvalue weighted by molar-refractivity contribution is 6.33. The number of fused-ring (bicyclic) bond motifs is 1. The van der Waals surface area contributed by atoms with E-state index in [1.165, 1.54) is 13.2 Å². The first-order valence-corrected chi connectivity index (χ1v) is 11.6. The zero-order valence-electron chi connectivity index (χ0n) is 19.1. The van der Waals surface area contributed by atoms with Crippen LogP contribution in [-0.4, -0.2) is 43.1 Å². The lowest BCUT2D eigenvalue weighted by Crippen LogP contribution is -2.45. The van der Waals surface area contributed by atoms with E-state index in [9.17, 15) is 14.4 Å². The summed E-state index contributed by atoms with van der Waals surface area (Å²) in [7, 11) is 1.38. The van der Waals surface area contributed by atoms with Crippen LogP contribution in [0.3, 0.4) is 0 Å². The maximum Gasteiger partial charge on any atom is 0.336 e. The van der Waals surface area contributed by atoms with Crippen LogP contribution in [0, 0.1) is 5.92 Å². The van der Waals surface area contributed by atoms with Gasteiger partial charge in [0.2, 0.25) is 0 Å². The number of piperidine rings is 1. The number of benzene rings is 2. The molecule has 0 aliphatic carbocycles. The van der Waals surface area contributed by atoms with Gasteiger partial charge in [0.25, 0.3) is 5.91 Å². The quantitative estimate of drug-likeness (QED) is 0.373. The molecule has 0 bridgehead atoms. The fraction of sp³-hybridized carbons (Fsp3) is 0.346. The lowest BCUT2D eigenvalue weighted by molar-refractivity contribution is -0.143. The standard InChI is InChI=1S/C26H26ClNO6/c1-16(26(31)28-11-9-17(10-12-28)13-24(29)32-2)33-18-7-8-20-21(15-25(30)34-23(20)14-18)19-5-3-4-6-22(19)27/h3-8,14-17H,9-13H2,1-2H3. The van der Waals surface area contributed by atoms with Gasteiger partial charge in [0, 0.05) is 53.2 Å². The first kappa shape index (κ1) is 23.8. The van der Waals surface area contributed by atoms with E-state index >= 15 is 0 Å². The van der Waals surface area contributed by atoms with Crippen molar-refractivity contribution in [2.75, 3.05) is 20.2 Å². The van der Waals surface area contributed by atoms with Crippen molar-refractivity contribution < 1.29 is 23.5 Å². The average molecular weight is 484 g/mol. The molecule has 7 nitrogen and oxygen atoms in total. The van der Waals surface area contributed by atoms with Gasteiger partial charge in [-0.3, -0.25) is 9.59 Å². The van der Waals surface area contributed by atoms with Crippen molar-refractivity contribution in [3.05, 3.63) is 64.0 Å². The topological polar surface area (TPSA) is 86.0 Å². The van der Waals surface area contributed by atoms with Crippen LogP contribution in [0.25, 0.3) is 22.1 Å². The number of esters is 1. The molecule has 178 valence electrons. The van der Waals surface area contributed by atoms with Gasteiger partial charge in [-0.1, -0.05) is 29.8 Å². The number of nitrogens with zero attached hydrogens (tertiary/aromatic N) is 1. The van der Waals surface area contributed by atoms with E-state index in [2.05, 4.69) is 0 Å². The Kier molecular flexibility index (Phi) is 7.22. The molecule has 0 radical (unpaired) electrons. The molecule has 0 spiro atoms. The van der Waals surface area contributed by atoms with Crippen molar-refractivity contribution in [3.8, 4) is 16.9 Å². The molecule has 1 aromatic heterocycles. The van der Waals surface area contributed by atoms with Gasteiger partial charge in [-0.05, 0) is 43.9 Å². The molecule has 4 rings (SSSR count). The smallest absolute Gasteiger partial charge is 0.336 e. The van der Waals surface area contributed by atoms with Gasteiger partial charge < -0.3 is 18.8 Å². The zero-order valence-corrected chi connectivity index (χ0v) is 19.8. The molecule has 1 fully saturated rings. The van der Waals surface area contributed by atoms with Crippen LogP contribution in [0.4, 0.5) is 0 Å². The molecule has 1 amide bonds. The monoisotopic (exact) mass is 483 g/mol. The highest BCUT2D eigenvalue weighted by Crippen LogP contribution is 2.34. The van der Waals surface area contributed by atoms with E-state index < -0.39 is 11.7 Å². The molecular formula is C26H26ClNO6. The molecule has 1 unspecified atom stereocenters. The molecule has 1 saturated heterocycles. The Morgan fingerprint density at radius 2 is 1.85 bits per heavy atom. The van der Waals surface area contributed by atoms with Crippen molar-refractivity contribution in [2.24, 2.45) is 5.92 Å². The number of carbonyl (C=O) groups excluding carboxylic acids is 2. The van der Waals surface area contributed by atoms with Crippen LogP contribution in [-0.2, 0) is 14.3 Å². The maximum absolute atomic E-state index is 12.9. The van der Waals surface area contributed by atoms with Crippen LogP contribution < -0.4 is 10.4 Å². The molecule has 1 atom stereocenters. The Balaban J connectivity index is 1.47. The van der Waals surface area contributed by atoms with Gasteiger partial charge in [0.15, 0.2) is 6.10 Å². The van der Waals surface area contributed by atoms with Gasteiger partial charge in [0.05, 0.1) is 7.11 Å². The summed E-state index contributed by atoms with van der Waals surface area (Å²) in [6.45, 7) is 2.84. The number of hydrogen-bond donors (Lipinski definition) is 0. The summed E-state index contributed by atoms with van der Waals surface area (Å²) in [5.74, 6) is 0.307. The number of hydrogen-bond acceptors (Lipinski definition) is 6. The van der Waals surface area contributed by atoms with Crippen LogP contribution in [0.1, 0.15) is 26.2 Å². The minimum absolute atomic E-state index is 0.122. The maximum atomic E-state index is 12.9. The van der Waals surface area contributed by atoms with Crippen molar-refractivity contribution in [1.29, 1.82) is 0 Å². The largest absolute Gasteiger partial charge is 0.481 e. The summed E-state index contributed by atoms with van der Waals surface area (Å²) in [4.78, 5) is 38.4. The van der Waals surface area contributed by atoms with Crippen LogP contribution in [0.15, 0.2) is 57.7 Å². The molecular weight excluding hydrogens is 458 g/mol. The third-order valence-electron chi connectivity index (χ3n) is 6.15.